The maximum absolute atomic E-state index is 12.1. The number of amides is 1. The van der Waals surface area contributed by atoms with Crippen molar-refractivity contribution < 1.29 is 9.53 Å². The number of nitrogens with zero attached hydrogens (tertiary/aromatic N) is 2. The number of carbonyl (C=O) groups excluding carboxylic acids is 1. The minimum atomic E-state index is -0.151. The normalized spacial score (nSPS) is 9.88. The molecule has 0 aliphatic heterocycles. The van der Waals surface area contributed by atoms with Gasteiger partial charge in [-0.3, -0.25) is 9.78 Å². The Bertz CT molecular complexity index is 903. The molecular formula is C21H19N3O2. The Kier molecular flexibility index (Phi) is 5.69. The maximum Gasteiger partial charge on any atom is 0.252 e. The summed E-state index contributed by atoms with van der Waals surface area (Å²) in [7, 11) is 0. The molecule has 26 heavy (non-hydrogen) atoms. The minimum Gasteiger partial charge on any atom is -0.479 e. The molecule has 0 radical (unpaired) electrons. The van der Waals surface area contributed by atoms with Gasteiger partial charge >= 0.3 is 0 Å². The zero-order valence-corrected chi connectivity index (χ0v) is 14.5. The molecule has 0 saturated carbocycles. The van der Waals surface area contributed by atoms with Gasteiger partial charge in [0.1, 0.15) is 12.4 Å². The summed E-state index contributed by atoms with van der Waals surface area (Å²) in [5.74, 6) is 6.26. The van der Waals surface area contributed by atoms with Crippen LogP contribution in [0.2, 0.25) is 0 Å². The topological polar surface area (TPSA) is 56.1 Å². The third-order valence-corrected chi connectivity index (χ3v) is 3.69. The van der Waals surface area contributed by atoms with Crippen molar-refractivity contribution in [3.63, 3.8) is 0 Å². The molecular weight excluding hydrogens is 326 g/mol. The van der Waals surface area contributed by atoms with E-state index in [9.17, 15) is 4.79 Å². The second kappa shape index (κ2) is 8.54. The second-order valence-corrected chi connectivity index (χ2v) is 5.60. The van der Waals surface area contributed by atoms with Crippen molar-refractivity contribution in [1.82, 2.24) is 14.9 Å². The van der Waals surface area contributed by atoms with Crippen LogP contribution in [0.5, 0.6) is 5.75 Å². The zero-order chi connectivity index (χ0) is 18.2. The van der Waals surface area contributed by atoms with Crippen LogP contribution in [-0.2, 0) is 0 Å². The van der Waals surface area contributed by atoms with Gasteiger partial charge in [-0.2, -0.15) is 0 Å². The van der Waals surface area contributed by atoms with E-state index < -0.39 is 0 Å². The number of nitrogens with one attached hydrogen (secondary N) is 1. The molecule has 3 rings (SSSR count). The van der Waals surface area contributed by atoms with E-state index in [1.165, 1.54) is 0 Å². The quantitative estimate of drug-likeness (QED) is 0.723. The van der Waals surface area contributed by atoms with E-state index in [0.29, 0.717) is 11.3 Å². The van der Waals surface area contributed by atoms with E-state index in [4.69, 9.17) is 4.74 Å². The Morgan fingerprint density at radius 1 is 1.12 bits per heavy atom. The highest BCUT2D eigenvalue weighted by atomic mass is 16.5. The van der Waals surface area contributed by atoms with Gasteiger partial charge in [0.2, 0.25) is 0 Å². The first-order valence-electron chi connectivity index (χ1n) is 8.25. The number of hydrogen-bond acceptors (Lipinski definition) is 3. The number of ether oxygens (including phenoxy) is 1. The van der Waals surface area contributed by atoms with Crippen LogP contribution >= 0.6 is 0 Å². The predicted octanol–water partition coefficient (Wildman–Crippen LogP) is 2.99. The van der Waals surface area contributed by atoms with Crippen molar-refractivity contribution in [3.05, 3.63) is 78.4 Å². The molecule has 5 nitrogen and oxygen atoms in total. The fourth-order valence-corrected chi connectivity index (χ4v) is 2.29. The number of aromatic nitrogens is 2. The van der Waals surface area contributed by atoms with Crippen LogP contribution in [0.25, 0.3) is 5.69 Å². The Morgan fingerprint density at radius 3 is 2.58 bits per heavy atom. The van der Waals surface area contributed by atoms with Crippen LogP contribution in [0.4, 0.5) is 0 Å². The Labute approximate surface area is 152 Å². The molecule has 5 heteroatoms. The molecule has 2 heterocycles. The van der Waals surface area contributed by atoms with Crippen LogP contribution in [0.1, 0.15) is 16.1 Å². The standard InChI is InChI=1S/C21H19N3O2/c1-17-6-11-20(16-23-17)26-15-5-2-12-22-21(25)18-7-9-19(10-8-18)24-13-3-4-14-24/h3-4,6-11,13-14,16H,12,15H2,1H3,(H,22,25). The molecule has 0 spiro atoms. The highest BCUT2D eigenvalue weighted by molar-refractivity contribution is 5.94. The third kappa shape index (κ3) is 4.74. The number of aryl methyl sites for hydroxylation is 1. The van der Waals surface area contributed by atoms with Gasteiger partial charge < -0.3 is 14.6 Å². The summed E-state index contributed by atoms with van der Waals surface area (Å²) < 4.78 is 7.43. The summed E-state index contributed by atoms with van der Waals surface area (Å²) in [6.45, 7) is 2.44. The SMILES string of the molecule is Cc1ccc(OCC#CCNC(=O)c2ccc(-n3cccc3)cc2)cn1. The number of hydrogen-bond donors (Lipinski definition) is 1. The first kappa shape index (κ1) is 17.3. The monoisotopic (exact) mass is 345 g/mol. The lowest BCUT2D eigenvalue weighted by Crippen LogP contribution is -2.23. The molecule has 130 valence electrons. The summed E-state index contributed by atoms with van der Waals surface area (Å²) in [5.41, 5.74) is 2.55. The summed E-state index contributed by atoms with van der Waals surface area (Å²) in [5, 5.41) is 2.77. The number of carbonyl (C=O) groups is 1. The molecule has 1 N–H and O–H groups in total. The van der Waals surface area contributed by atoms with Crippen molar-refractivity contribution in [1.29, 1.82) is 0 Å². The van der Waals surface area contributed by atoms with Crippen LogP contribution in [0.15, 0.2) is 67.1 Å². The average Bonchev–Trinajstić information content (AvgIpc) is 3.21. The lowest BCUT2D eigenvalue weighted by Gasteiger charge is -2.05. The summed E-state index contributed by atoms with van der Waals surface area (Å²) in [6.07, 6.45) is 5.58. The number of rotatable bonds is 5. The fourth-order valence-electron chi connectivity index (χ4n) is 2.29. The number of pyridine rings is 1. The van der Waals surface area contributed by atoms with Gasteiger partial charge in [-0.1, -0.05) is 11.8 Å². The Balaban J connectivity index is 1.43. The zero-order valence-electron chi connectivity index (χ0n) is 14.5. The average molecular weight is 345 g/mol. The number of benzene rings is 1. The molecule has 0 atom stereocenters. The summed E-state index contributed by atoms with van der Waals surface area (Å²) in [6, 6.07) is 15.1. The van der Waals surface area contributed by atoms with Crippen molar-refractivity contribution in [2.75, 3.05) is 13.2 Å². The van der Waals surface area contributed by atoms with Crippen LogP contribution in [0.3, 0.4) is 0 Å². The van der Waals surface area contributed by atoms with Crippen molar-refractivity contribution >= 4 is 5.91 Å². The van der Waals surface area contributed by atoms with Gasteiger partial charge in [0.25, 0.3) is 5.91 Å². The molecule has 0 saturated heterocycles. The molecule has 0 aliphatic rings. The third-order valence-electron chi connectivity index (χ3n) is 3.69. The van der Waals surface area contributed by atoms with Crippen molar-refractivity contribution in [2.45, 2.75) is 6.92 Å². The van der Waals surface area contributed by atoms with Crippen molar-refractivity contribution in [3.8, 4) is 23.3 Å². The van der Waals surface area contributed by atoms with Gasteiger partial charge in [-0.25, -0.2) is 0 Å². The lowest BCUT2D eigenvalue weighted by molar-refractivity contribution is 0.0958. The van der Waals surface area contributed by atoms with Crippen LogP contribution < -0.4 is 10.1 Å². The molecule has 1 amide bonds. The first-order chi connectivity index (χ1) is 12.7. The summed E-state index contributed by atoms with van der Waals surface area (Å²) >= 11 is 0. The molecule has 3 aromatic rings. The largest absolute Gasteiger partial charge is 0.479 e. The van der Waals surface area contributed by atoms with Gasteiger partial charge in [0, 0.05) is 29.3 Å². The first-order valence-corrected chi connectivity index (χ1v) is 8.25. The summed E-state index contributed by atoms with van der Waals surface area (Å²) in [4.78, 5) is 16.2. The fraction of sp³-hybridized carbons (Fsp3) is 0.143. The molecule has 2 aromatic heterocycles. The van der Waals surface area contributed by atoms with E-state index in [1.54, 1.807) is 18.3 Å². The molecule has 0 aliphatic carbocycles. The molecule has 0 bridgehead atoms. The van der Waals surface area contributed by atoms with Gasteiger partial charge in [0.05, 0.1) is 12.7 Å². The van der Waals surface area contributed by atoms with Crippen LogP contribution in [-0.4, -0.2) is 28.6 Å². The van der Waals surface area contributed by atoms with Crippen LogP contribution in [0, 0.1) is 18.8 Å². The Morgan fingerprint density at radius 2 is 1.88 bits per heavy atom. The smallest absolute Gasteiger partial charge is 0.252 e. The minimum absolute atomic E-state index is 0.151. The van der Waals surface area contributed by atoms with Gasteiger partial charge in [-0.05, 0) is 55.5 Å². The molecule has 0 unspecified atom stereocenters. The van der Waals surface area contributed by atoms with Gasteiger partial charge in [-0.15, -0.1) is 0 Å². The van der Waals surface area contributed by atoms with E-state index >= 15 is 0 Å². The molecule has 1 aromatic carbocycles. The highest BCUT2D eigenvalue weighted by Crippen LogP contribution is 2.10. The van der Waals surface area contributed by atoms with E-state index in [2.05, 4.69) is 22.1 Å². The van der Waals surface area contributed by atoms with Gasteiger partial charge in [0.15, 0.2) is 0 Å². The molecule has 0 fully saturated rings. The highest BCUT2D eigenvalue weighted by Gasteiger charge is 2.04. The van der Waals surface area contributed by atoms with E-state index in [0.717, 1.165) is 11.4 Å². The second-order valence-electron chi connectivity index (χ2n) is 5.60. The van der Waals surface area contributed by atoms with E-state index in [1.807, 2.05) is 60.3 Å². The van der Waals surface area contributed by atoms with Crippen molar-refractivity contribution in [2.24, 2.45) is 0 Å². The predicted molar refractivity (Wildman–Crippen MR) is 100 cm³/mol. The maximum atomic E-state index is 12.1. The Hall–Kier alpha value is -3.52. The lowest BCUT2D eigenvalue weighted by atomic mass is 10.2. The van der Waals surface area contributed by atoms with E-state index in [-0.39, 0.29) is 19.1 Å².